The van der Waals surface area contributed by atoms with Gasteiger partial charge in [-0.2, -0.15) is 5.10 Å². The number of nitrogens with zero attached hydrogens (tertiary/aromatic N) is 7. The molecule has 0 saturated carbocycles. The van der Waals surface area contributed by atoms with E-state index < -0.39 is 41.3 Å². The highest BCUT2D eigenvalue weighted by Crippen LogP contribution is 2.33. The lowest BCUT2D eigenvalue weighted by atomic mass is 10.0. The highest BCUT2D eigenvalue weighted by molar-refractivity contribution is 6.23. The fraction of sp³-hybridized carbons (Fsp3) is 0.333. The van der Waals surface area contributed by atoms with E-state index in [4.69, 9.17) is 9.72 Å². The van der Waals surface area contributed by atoms with Crippen LogP contribution in [0, 0.1) is 11.6 Å². The number of hydrogen-bond acceptors (Lipinski definition) is 11. The molecule has 3 saturated heterocycles. The maximum atomic E-state index is 15.4. The molecule has 15 nitrogen and oxygen atoms in total. The number of imide groups is 2. The van der Waals surface area contributed by atoms with Gasteiger partial charge in [0, 0.05) is 67.7 Å². The molecule has 3 fully saturated rings. The van der Waals surface area contributed by atoms with Crippen molar-refractivity contribution in [2.24, 2.45) is 0 Å². The van der Waals surface area contributed by atoms with E-state index >= 15 is 8.78 Å². The summed E-state index contributed by atoms with van der Waals surface area (Å²) in [5.74, 6) is -3.70. The summed E-state index contributed by atoms with van der Waals surface area (Å²) in [7, 11) is 0. The van der Waals surface area contributed by atoms with Crippen LogP contribution >= 0.6 is 0 Å². The molecule has 0 aliphatic carbocycles. The normalized spacial score (nSPS) is 19.1. The van der Waals surface area contributed by atoms with Gasteiger partial charge in [-0.15, -0.1) is 0 Å². The number of anilines is 1. The maximum absolute atomic E-state index is 15.4. The quantitative estimate of drug-likeness (QED) is 0.207. The third-order valence-electron chi connectivity index (χ3n) is 11.5. The average Bonchev–Trinajstić information content (AvgIpc) is 3.84. The van der Waals surface area contributed by atoms with Crippen molar-refractivity contribution in [2.75, 3.05) is 51.3 Å². The van der Waals surface area contributed by atoms with Gasteiger partial charge in [-0.05, 0) is 61.2 Å². The standard InChI is InChI=1S/C42H39F2N9O6/c43-32-16-24(17-33(44)31(32)23-50-12-14-59-15-13-50)28-2-1-3-34-39(28)48-35(20-46-34)25-19-47-52(22-25)27-8-10-51(11-9-27)38(55)21-45-26-4-5-29-30(18-26)42(58)53(41(29)57)36-6-7-37(54)49-40(36)56/h1-5,16-20,22,27,36,45H,6-15,21,23H2,(H,49,54,56). The van der Waals surface area contributed by atoms with E-state index in [1.165, 1.54) is 24.3 Å². The third kappa shape index (κ3) is 7.42. The number of para-hydroxylation sites is 1. The van der Waals surface area contributed by atoms with Gasteiger partial charge in [0.1, 0.15) is 17.7 Å². The Hall–Kier alpha value is -6.46. The number of carbonyl (C=O) groups excluding carboxylic acids is 5. The number of piperidine rings is 2. The minimum atomic E-state index is -1.06. The van der Waals surface area contributed by atoms with E-state index in [2.05, 4.69) is 20.7 Å². The zero-order chi connectivity index (χ0) is 40.8. The molecule has 5 amide bonds. The summed E-state index contributed by atoms with van der Waals surface area (Å²) < 4.78 is 38.0. The maximum Gasteiger partial charge on any atom is 0.262 e. The van der Waals surface area contributed by atoms with Gasteiger partial charge >= 0.3 is 0 Å². The molecule has 6 heterocycles. The van der Waals surface area contributed by atoms with Crippen LogP contribution in [0.4, 0.5) is 14.5 Å². The number of rotatable bonds is 9. The van der Waals surface area contributed by atoms with Crippen molar-refractivity contribution >= 4 is 46.3 Å². The van der Waals surface area contributed by atoms with Crippen molar-refractivity contribution in [3.05, 3.63) is 95.4 Å². The molecule has 302 valence electrons. The molecule has 0 spiro atoms. The molecule has 3 aromatic carbocycles. The van der Waals surface area contributed by atoms with E-state index in [9.17, 15) is 24.0 Å². The first kappa shape index (κ1) is 38.1. The Morgan fingerprint density at radius 3 is 2.39 bits per heavy atom. The SMILES string of the molecule is O=C1CCC(N2C(=O)c3ccc(NCC(=O)N4CCC(n5cc(-c6cnc7cccc(-c8cc(F)c(CN9CCOCC9)c(F)c8)c7n6)cn5)CC4)cc3C2=O)C(=O)N1. The number of likely N-dealkylation sites (tertiary alicyclic amines) is 1. The average molecular weight is 804 g/mol. The first-order valence-corrected chi connectivity index (χ1v) is 19.6. The summed E-state index contributed by atoms with van der Waals surface area (Å²) in [5.41, 5.74) is 4.09. The number of hydrogen-bond donors (Lipinski definition) is 2. The van der Waals surface area contributed by atoms with Gasteiger partial charge in [-0.3, -0.25) is 48.8 Å². The van der Waals surface area contributed by atoms with Gasteiger partial charge in [-0.1, -0.05) is 12.1 Å². The van der Waals surface area contributed by atoms with Gasteiger partial charge in [0.15, 0.2) is 0 Å². The van der Waals surface area contributed by atoms with Crippen molar-refractivity contribution in [3.63, 3.8) is 0 Å². The minimum absolute atomic E-state index is 0.0260. The summed E-state index contributed by atoms with van der Waals surface area (Å²) in [6.07, 6.45) is 6.66. The molecule has 9 rings (SSSR count). The second kappa shape index (κ2) is 15.7. The summed E-state index contributed by atoms with van der Waals surface area (Å²) in [4.78, 5) is 77.5. The Bertz CT molecular complexity index is 2510. The Kier molecular flexibility index (Phi) is 10.1. The van der Waals surface area contributed by atoms with Gasteiger partial charge < -0.3 is 15.0 Å². The fourth-order valence-corrected chi connectivity index (χ4v) is 8.22. The molecule has 4 aliphatic heterocycles. The summed E-state index contributed by atoms with van der Waals surface area (Å²) in [6, 6.07) is 11.6. The summed E-state index contributed by atoms with van der Waals surface area (Å²) in [5, 5.41) is 9.86. The predicted molar refractivity (Wildman–Crippen MR) is 209 cm³/mol. The van der Waals surface area contributed by atoms with E-state index in [1.807, 2.05) is 15.8 Å². The molecule has 1 atom stereocenters. The zero-order valence-electron chi connectivity index (χ0n) is 31.8. The lowest BCUT2D eigenvalue weighted by Crippen LogP contribution is -2.54. The second-order valence-electron chi connectivity index (χ2n) is 15.1. The highest BCUT2D eigenvalue weighted by atomic mass is 19.1. The first-order valence-electron chi connectivity index (χ1n) is 19.6. The molecular formula is C42H39F2N9O6. The fourth-order valence-electron chi connectivity index (χ4n) is 8.22. The van der Waals surface area contributed by atoms with Crippen molar-refractivity contribution in [2.45, 2.75) is 44.3 Å². The van der Waals surface area contributed by atoms with Gasteiger partial charge in [0.05, 0.1) is 66.0 Å². The number of ether oxygens (including phenoxy) is 1. The van der Waals surface area contributed by atoms with Crippen LogP contribution in [0.25, 0.3) is 33.4 Å². The van der Waals surface area contributed by atoms with Gasteiger partial charge in [0.25, 0.3) is 11.8 Å². The van der Waals surface area contributed by atoms with Crippen LogP contribution in [0.2, 0.25) is 0 Å². The number of nitrogens with one attached hydrogen (secondary N) is 2. The van der Waals surface area contributed by atoms with Crippen molar-refractivity contribution in [1.29, 1.82) is 0 Å². The van der Waals surface area contributed by atoms with Crippen LogP contribution in [0.5, 0.6) is 0 Å². The van der Waals surface area contributed by atoms with E-state index in [0.717, 1.165) is 10.5 Å². The Morgan fingerprint density at radius 1 is 0.864 bits per heavy atom. The minimum Gasteiger partial charge on any atom is -0.379 e. The molecule has 59 heavy (non-hydrogen) atoms. The number of aromatic nitrogens is 4. The zero-order valence-corrected chi connectivity index (χ0v) is 31.8. The first-order chi connectivity index (χ1) is 28.6. The van der Waals surface area contributed by atoms with Crippen LogP contribution < -0.4 is 10.6 Å². The van der Waals surface area contributed by atoms with Crippen LogP contribution in [0.1, 0.15) is 58.0 Å². The number of carbonyl (C=O) groups is 5. The van der Waals surface area contributed by atoms with E-state index in [1.54, 1.807) is 41.6 Å². The van der Waals surface area contributed by atoms with Crippen molar-refractivity contribution < 1.29 is 37.5 Å². The van der Waals surface area contributed by atoms with E-state index in [-0.39, 0.29) is 54.6 Å². The van der Waals surface area contributed by atoms with Crippen LogP contribution in [-0.4, -0.2) is 116 Å². The Balaban J connectivity index is 0.823. The molecule has 1 unspecified atom stereocenters. The monoisotopic (exact) mass is 803 g/mol. The van der Waals surface area contributed by atoms with Gasteiger partial charge in [0.2, 0.25) is 17.7 Å². The molecular weight excluding hydrogens is 765 g/mol. The number of morpholine rings is 1. The number of amides is 5. The van der Waals surface area contributed by atoms with Gasteiger partial charge in [-0.25, -0.2) is 13.8 Å². The Morgan fingerprint density at radius 2 is 1.63 bits per heavy atom. The summed E-state index contributed by atoms with van der Waals surface area (Å²) in [6.45, 7) is 3.42. The highest BCUT2D eigenvalue weighted by Gasteiger charge is 2.44. The van der Waals surface area contributed by atoms with Crippen molar-refractivity contribution in [1.82, 2.24) is 39.8 Å². The number of fused-ring (bicyclic) bond motifs is 2. The summed E-state index contributed by atoms with van der Waals surface area (Å²) >= 11 is 0. The smallest absolute Gasteiger partial charge is 0.262 e. The number of halogens is 2. The molecule has 5 aromatic rings. The topological polar surface area (TPSA) is 172 Å². The molecule has 2 N–H and O–H groups in total. The van der Waals surface area contributed by atoms with Crippen molar-refractivity contribution in [3.8, 4) is 22.4 Å². The molecule has 4 aliphatic rings. The molecule has 2 aromatic heterocycles. The van der Waals surface area contributed by atoms with Crippen LogP contribution in [-0.2, 0) is 25.7 Å². The molecule has 0 radical (unpaired) electrons. The third-order valence-corrected chi connectivity index (χ3v) is 11.5. The van der Waals surface area contributed by atoms with Crippen LogP contribution in [0.15, 0.2) is 67.1 Å². The van der Waals surface area contributed by atoms with Crippen LogP contribution in [0.3, 0.4) is 0 Å². The lowest BCUT2D eigenvalue weighted by Gasteiger charge is -2.32. The largest absolute Gasteiger partial charge is 0.379 e. The predicted octanol–water partition coefficient (Wildman–Crippen LogP) is 3.95. The lowest BCUT2D eigenvalue weighted by molar-refractivity contribution is -0.136. The van der Waals surface area contributed by atoms with E-state index in [0.29, 0.717) is 85.8 Å². The number of benzene rings is 3. The Labute approximate surface area is 336 Å². The second-order valence-corrected chi connectivity index (χ2v) is 15.1. The molecule has 17 heteroatoms. The molecule has 0 bridgehead atoms.